The van der Waals surface area contributed by atoms with Crippen molar-refractivity contribution in [3.05, 3.63) is 53.1 Å². The molecule has 0 aliphatic carbocycles. The summed E-state index contributed by atoms with van der Waals surface area (Å²) in [5, 5.41) is 4.21. The number of carbonyl (C=O) groups is 2. The number of amides is 1. The number of thiazole rings is 1. The number of aldehydes is 1. The van der Waals surface area contributed by atoms with Crippen LogP contribution in [0.15, 0.2) is 42.5 Å². The SMILES string of the molecule is O=Cc1ccc(N2CCC(C(=O)Nc3nc4cc(Cl)ccc4s3)CC2)cc1. The monoisotopic (exact) mass is 399 g/mol. The summed E-state index contributed by atoms with van der Waals surface area (Å²) in [4.78, 5) is 30.1. The van der Waals surface area contributed by atoms with Crippen molar-refractivity contribution in [2.75, 3.05) is 23.3 Å². The first kappa shape index (κ1) is 17.9. The number of benzene rings is 2. The van der Waals surface area contributed by atoms with Gasteiger partial charge >= 0.3 is 0 Å². The Balaban J connectivity index is 1.36. The van der Waals surface area contributed by atoms with E-state index < -0.39 is 0 Å². The van der Waals surface area contributed by atoms with Crippen LogP contribution < -0.4 is 10.2 Å². The third-order valence-corrected chi connectivity index (χ3v) is 6.03. The molecule has 2 aromatic carbocycles. The summed E-state index contributed by atoms with van der Waals surface area (Å²) in [7, 11) is 0. The van der Waals surface area contributed by atoms with E-state index >= 15 is 0 Å². The van der Waals surface area contributed by atoms with Crippen LogP contribution in [-0.2, 0) is 4.79 Å². The van der Waals surface area contributed by atoms with E-state index in [0.29, 0.717) is 15.7 Å². The maximum Gasteiger partial charge on any atom is 0.229 e. The predicted octanol–water partition coefficient (Wildman–Crippen LogP) is 4.62. The number of nitrogens with zero attached hydrogens (tertiary/aromatic N) is 2. The van der Waals surface area contributed by atoms with Gasteiger partial charge in [-0.25, -0.2) is 4.98 Å². The van der Waals surface area contributed by atoms with Crippen molar-refractivity contribution < 1.29 is 9.59 Å². The molecule has 1 N–H and O–H groups in total. The summed E-state index contributed by atoms with van der Waals surface area (Å²) in [5.74, 6) is 0.00204. The number of fused-ring (bicyclic) bond motifs is 1. The van der Waals surface area contributed by atoms with Gasteiger partial charge in [0, 0.05) is 35.3 Å². The van der Waals surface area contributed by atoms with Gasteiger partial charge in [-0.05, 0) is 55.3 Å². The standard InChI is InChI=1S/C20H18ClN3O2S/c21-15-3-6-18-17(11-15)22-20(27-18)23-19(26)14-7-9-24(10-8-14)16-4-1-13(12-25)2-5-16/h1-6,11-12,14H,7-10H2,(H,22,23,26). The number of hydrogen-bond acceptors (Lipinski definition) is 5. The fourth-order valence-electron chi connectivity index (χ4n) is 3.33. The van der Waals surface area contributed by atoms with Crippen molar-refractivity contribution in [2.45, 2.75) is 12.8 Å². The Labute approximate surface area is 166 Å². The summed E-state index contributed by atoms with van der Waals surface area (Å²) in [6, 6.07) is 13.1. The average molecular weight is 400 g/mol. The molecule has 1 saturated heterocycles. The molecule has 138 valence electrons. The number of halogens is 1. The van der Waals surface area contributed by atoms with E-state index in [2.05, 4.69) is 15.2 Å². The molecule has 2 heterocycles. The zero-order valence-corrected chi connectivity index (χ0v) is 16.1. The van der Waals surface area contributed by atoms with Crippen LogP contribution in [0.25, 0.3) is 10.2 Å². The molecule has 3 aromatic rings. The lowest BCUT2D eigenvalue weighted by molar-refractivity contribution is -0.120. The fourth-order valence-corrected chi connectivity index (χ4v) is 4.34. The molecule has 1 fully saturated rings. The van der Waals surface area contributed by atoms with Gasteiger partial charge < -0.3 is 10.2 Å². The van der Waals surface area contributed by atoms with E-state index in [1.54, 1.807) is 6.07 Å². The largest absolute Gasteiger partial charge is 0.371 e. The molecule has 1 amide bonds. The summed E-state index contributed by atoms with van der Waals surface area (Å²) in [6.07, 6.45) is 2.42. The molecule has 7 heteroatoms. The van der Waals surface area contributed by atoms with Crippen LogP contribution in [0.2, 0.25) is 5.02 Å². The van der Waals surface area contributed by atoms with Crippen LogP contribution in [0.3, 0.4) is 0 Å². The zero-order valence-electron chi connectivity index (χ0n) is 14.5. The second-order valence-corrected chi connectivity index (χ2v) is 8.06. The lowest BCUT2D eigenvalue weighted by Gasteiger charge is -2.32. The molecule has 0 unspecified atom stereocenters. The van der Waals surface area contributed by atoms with Gasteiger partial charge in [-0.3, -0.25) is 9.59 Å². The minimum atomic E-state index is -0.0221. The molecular weight excluding hydrogens is 382 g/mol. The Bertz CT molecular complexity index is 979. The molecule has 0 bridgehead atoms. The highest BCUT2D eigenvalue weighted by molar-refractivity contribution is 7.22. The molecule has 4 rings (SSSR count). The maximum absolute atomic E-state index is 12.6. The normalized spacial score (nSPS) is 15.1. The Kier molecular flexibility index (Phi) is 5.09. The highest BCUT2D eigenvalue weighted by Crippen LogP contribution is 2.29. The van der Waals surface area contributed by atoms with Gasteiger partial charge in [0.15, 0.2) is 5.13 Å². The smallest absolute Gasteiger partial charge is 0.229 e. The number of rotatable bonds is 4. The van der Waals surface area contributed by atoms with Crippen molar-refractivity contribution in [3.8, 4) is 0 Å². The molecular formula is C20H18ClN3O2S. The topological polar surface area (TPSA) is 62.3 Å². The number of carbonyl (C=O) groups excluding carboxylic acids is 2. The van der Waals surface area contributed by atoms with Crippen molar-refractivity contribution in [2.24, 2.45) is 5.92 Å². The minimum Gasteiger partial charge on any atom is -0.371 e. The fraction of sp³-hybridized carbons (Fsp3) is 0.250. The Hall–Kier alpha value is -2.44. The zero-order chi connectivity index (χ0) is 18.8. The maximum atomic E-state index is 12.6. The first-order valence-corrected chi connectivity index (χ1v) is 9.99. The third kappa shape index (κ3) is 3.96. The van der Waals surface area contributed by atoms with E-state index in [1.165, 1.54) is 11.3 Å². The second kappa shape index (κ2) is 7.66. The van der Waals surface area contributed by atoms with E-state index in [9.17, 15) is 9.59 Å². The summed E-state index contributed by atoms with van der Waals surface area (Å²) >= 11 is 7.45. The van der Waals surface area contributed by atoms with Gasteiger partial charge in [-0.1, -0.05) is 22.9 Å². The van der Waals surface area contributed by atoms with Gasteiger partial charge in [0.25, 0.3) is 0 Å². The lowest BCUT2D eigenvalue weighted by atomic mass is 9.95. The minimum absolute atomic E-state index is 0.0221. The lowest BCUT2D eigenvalue weighted by Crippen LogP contribution is -2.38. The molecule has 27 heavy (non-hydrogen) atoms. The second-order valence-electron chi connectivity index (χ2n) is 6.59. The third-order valence-electron chi connectivity index (χ3n) is 4.84. The van der Waals surface area contributed by atoms with Crippen molar-refractivity contribution >= 4 is 56.2 Å². The average Bonchev–Trinajstić information content (AvgIpc) is 3.09. The molecule has 0 radical (unpaired) electrons. The number of anilines is 2. The number of piperidine rings is 1. The van der Waals surface area contributed by atoms with Crippen LogP contribution in [0, 0.1) is 5.92 Å². The van der Waals surface area contributed by atoms with Crippen LogP contribution in [0.5, 0.6) is 0 Å². The highest BCUT2D eigenvalue weighted by atomic mass is 35.5. The van der Waals surface area contributed by atoms with Gasteiger partial charge in [-0.2, -0.15) is 0 Å². The van der Waals surface area contributed by atoms with Crippen LogP contribution in [-0.4, -0.2) is 30.3 Å². The van der Waals surface area contributed by atoms with Crippen molar-refractivity contribution in [1.82, 2.24) is 4.98 Å². The summed E-state index contributed by atoms with van der Waals surface area (Å²) in [5.41, 5.74) is 2.56. The summed E-state index contributed by atoms with van der Waals surface area (Å²) < 4.78 is 1.00. The van der Waals surface area contributed by atoms with Gasteiger partial charge in [0.1, 0.15) is 6.29 Å². The molecule has 0 spiro atoms. The van der Waals surface area contributed by atoms with Crippen molar-refractivity contribution in [1.29, 1.82) is 0 Å². The highest BCUT2D eigenvalue weighted by Gasteiger charge is 2.25. The summed E-state index contributed by atoms with van der Waals surface area (Å²) in [6.45, 7) is 1.63. The van der Waals surface area contributed by atoms with Crippen LogP contribution in [0.4, 0.5) is 10.8 Å². The first-order chi connectivity index (χ1) is 13.1. The van der Waals surface area contributed by atoms with Gasteiger partial charge in [0.05, 0.1) is 10.2 Å². The van der Waals surface area contributed by atoms with Crippen molar-refractivity contribution in [3.63, 3.8) is 0 Å². The number of nitrogens with one attached hydrogen (secondary N) is 1. The molecule has 0 saturated carbocycles. The van der Waals surface area contributed by atoms with Gasteiger partial charge in [-0.15, -0.1) is 0 Å². The van der Waals surface area contributed by atoms with E-state index in [0.717, 1.165) is 48.1 Å². The van der Waals surface area contributed by atoms with E-state index in [4.69, 9.17) is 11.6 Å². The molecule has 1 aliphatic heterocycles. The number of aromatic nitrogens is 1. The Morgan fingerprint density at radius 1 is 1.19 bits per heavy atom. The Morgan fingerprint density at radius 3 is 2.63 bits per heavy atom. The molecule has 1 aromatic heterocycles. The van der Waals surface area contributed by atoms with E-state index in [1.807, 2.05) is 36.4 Å². The van der Waals surface area contributed by atoms with Crippen LogP contribution in [0.1, 0.15) is 23.2 Å². The molecule has 5 nitrogen and oxygen atoms in total. The number of hydrogen-bond donors (Lipinski definition) is 1. The molecule has 1 aliphatic rings. The van der Waals surface area contributed by atoms with Crippen LogP contribution >= 0.6 is 22.9 Å². The van der Waals surface area contributed by atoms with E-state index in [-0.39, 0.29) is 11.8 Å². The Morgan fingerprint density at radius 2 is 1.93 bits per heavy atom. The quantitative estimate of drug-likeness (QED) is 0.650. The molecule has 0 atom stereocenters. The first-order valence-electron chi connectivity index (χ1n) is 8.79. The predicted molar refractivity (Wildman–Crippen MR) is 110 cm³/mol. The van der Waals surface area contributed by atoms with Gasteiger partial charge in [0.2, 0.25) is 5.91 Å².